The predicted octanol–water partition coefficient (Wildman–Crippen LogP) is 5.67. The lowest BCUT2D eigenvalue weighted by molar-refractivity contribution is -0.123. The largest absolute Gasteiger partial charge is 0.489 e. The summed E-state index contributed by atoms with van der Waals surface area (Å²) in [7, 11) is 0. The van der Waals surface area contributed by atoms with Crippen LogP contribution in [0, 0.1) is 0 Å². The number of amides is 1. The minimum Gasteiger partial charge on any atom is -0.489 e. The van der Waals surface area contributed by atoms with Crippen molar-refractivity contribution in [1.82, 2.24) is 5.43 Å². The Morgan fingerprint density at radius 1 is 1.03 bits per heavy atom. The number of carbonyl (C=O) groups is 1. The third-order valence-electron chi connectivity index (χ3n) is 5.03. The summed E-state index contributed by atoms with van der Waals surface area (Å²) in [5.41, 5.74) is 4.60. The Kier molecular flexibility index (Phi) is 8.87. The van der Waals surface area contributed by atoms with Crippen molar-refractivity contribution in [3.8, 4) is 11.5 Å². The number of ether oxygens (including phenoxy) is 2. The second-order valence-electron chi connectivity index (χ2n) is 7.48. The number of hydrogen-bond acceptors (Lipinski definition) is 4. The van der Waals surface area contributed by atoms with E-state index in [9.17, 15) is 4.79 Å². The van der Waals surface area contributed by atoms with E-state index in [0.29, 0.717) is 18.1 Å². The molecule has 0 spiro atoms. The van der Waals surface area contributed by atoms with Gasteiger partial charge in [0.15, 0.2) is 6.61 Å². The van der Waals surface area contributed by atoms with E-state index < -0.39 is 0 Å². The molecule has 0 radical (unpaired) electrons. The number of aryl methyl sites for hydroxylation is 1. The first kappa shape index (κ1) is 23.1. The minimum absolute atomic E-state index is 0.109. The highest BCUT2D eigenvalue weighted by Crippen LogP contribution is 2.26. The molecule has 0 bridgehead atoms. The van der Waals surface area contributed by atoms with Crippen molar-refractivity contribution in [2.24, 2.45) is 5.10 Å². The molecule has 3 aromatic rings. The van der Waals surface area contributed by atoms with Gasteiger partial charge in [0.1, 0.15) is 18.1 Å². The number of rotatable bonds is 12. The zero-order chi connectivity index (χ0) is 22.6. The van der Waals surface area contributed by atoms with Crippen LogP contribution in [-0.4, -0.2) is 25.3 Å². The molecule has 166 valence electrons. The number of hydrogen-bond donors (Lipinski definition) is 1. The molecular weight excluding hydrogens is 400 g/mol. The molecule has 0 saturated heterocycles. The molecule has 0 aromatic heterocycles. The summed E-state index contributed by atoms with van der Waals surface area (Å²) in [6, 6.07) is 19.7. The van der Waals surface area contributed by atoms with Gasteiger partial charge < -0.3 is 9.47 Å². The van der Waals surface area contributed by atoms with Crippen LogP contribution in [-0.2, 0) is 11.2 Å². The molecule has 0 aliphatic heterocycles. The van der Waals surface area contributed by atoms with Gasteiger partial charge >= 0.3 is 0 Å². The van der Waals surface area contributed by atoms with Crippen molar-refractivity contribution in [1.29, 1.82) is 0 Å². The van der Waals surface area contributed by atoms with Gasteiger partial charge in [-0.25, -0.2) is 5.43 Å². The van der Waals surface area contributed by atoms with E-state index in [0.717, 1.165) is 22.8 Å². The van der Waals surface area contributed by atoms with Crippen LogP contribution in [0.3, 0.4) is 0 Å². The second kappa shape index (κ2) is 12.3. The first-order chi connectivity index (χ1) is 15.7. The van der Waals surface area contributed by atoms with Crippen molar-refractivity contribution in [2.75, 3.05) is 13.2 Å². The van der Waals surface area contributed by atoms with Gasteiger partial charge in [-0.05, 0) is 47.4 Å². The van der Waals surface area contributed by atoms with Crippen molar-refractivity contribution < 1.29 is 14.3 Å². The Balaban J connectivity index is 1.57. The number of carbonyl (C=O) groups excluding carboxylic acids is 1. The van der Waals surface area contributed by atoms with Crippen LogP contribution in [0.4, 0.5) is 0 Å². The average molecular weight is 431 g/mol. The zero-order valence-corrected chi connectivity index (χ0v) is 18.5. The first-order valence-corrected chi connectivity index (χ1v) is 11.0. The lowest BCUT2D eigenvalue weighted by Crippen LogP contribution is -2.24. The van der Waals surface area contributed by atoms with Gasteiger partial charge in [0.2, 0.25) is 0 Å². The number of unbranched alkanes of at least 4 members (excludes halogenated alkanes) is 2. The molecule has 0 saturated carbocycles. The molecule has 0 atom stereocenters. The Morgan fingerprint density at radius 2 is 1.84 bits per heavy atom. The highest BCUT2D eigenvalue weighted by Gasteiger charge is 2.07. The van der Waals surface area contributed by atoms with Crippen molar-refractivity contribution in [3.05, 3.63) is 84.4 Å². The fourth-order valence-corrected chi connectivity index (χ4v) is 3.36. The van der Waals surface area contributed by atoms with Crippen molar-refractivity contribution >= 4 is 22.9 Å². The molecule has 3 aromatic carbocycles. The average Bonchev–Trinajstić information content (AvgIpc) is 2.83. The Labute approximate surface area is 189 Å². The standard InChI is InChI=1S/C27H30N2O3/c1-3-5-6-9-21-12-15-23(16-13-21)32-20-27(30)29-28-19-25-24-11-8-7-10-22(24)14-17-26(25)31-18-4-2/h4,7-8,10-17,19H,2-3,5-6,9,18,20H2,1H3,(H,29,30). The smallest absolute Gasteiger partial charge is 0.277 e. The number of nitrogens with one attached hydrogen (secondary N) is 1. The zero-order valence-electron chi connectivity index (χ0n) is 18.5. The Bertz CT molecular complexity index is 1060. The van der Waals surface area contributed by atoms with Crippen LogP contribution >= 0.6 is 0 Å². The third kappa shape index (κ3) is 6.71. The monoisotopic (exact) mass is 430 g/mol. The van der Waals surface area contributed by atoms with E-state index in [1.807, 2.05) is 60.7 Å². The normalized spacial score (nSPS) is 10.9. The summed E-state index contributed by atoms with van der Waals surface area (Å²) in [4.78, 5) is 12.2. The van der Waals surface area contributed by atoms with Crippen molar-refractivity contribution in [2.45, 2.75) is 32.6 Å². The van der Waals surface area contributed by atoms with E-state index in [4.69, 9.17) is 9.47 Å². The van der Waals surface area contributed by atoms with Crippen molar-refractivity contribution in [3.63, 3.8) is 0 Å². The number of fused-ring (bicyclic) bond motifs is 1. The molecule has 0 aliphatic carbocycles. The molecule has 1 amide bonds. The molecule has 0 fully saturated rings. The van der Waals surface area contributed by atoms with E-state index in [1.165, 1.54) is 24.8 Å². The van der Waals surface area contributed by atoms with E-state index in [1.54, 1.807) is 12.3 Å². The van der Waals surface area contributed by atoms with Crippen LogP contribution in [0.15, 0.2) is 78.4 Å². The van der Waals surface area contributed by atoms with Crippen LogP contribution in [0.5, 0.6) is 11.5 Å². The van der Waals surface area contributed by atoms with Gasteiger partial charge in [-0.1, -0.05) is 74.9 Å². The van der Waals surface area contributed by atoms with Gasteiger partial charge in [-0.3, -0.25) is 4.79 Å². The topological polar surface area (TPSA) is 59.9 Å². The summed E-state index contributed by atoms with van der Waals surface area (Å²) in [5, 5.41) is 6.17. The molecular formula is C27H30N2O3. The summed E-state index contributed by atoms with van der Waals surface area (Å²) >= 11 is 0. The highest BCUT2D eigenvalue weighted by molar-refractivity contribution is 6.02. The van der Waals surface area contributed by atoms with Gasteiger partial charge in [0.05, 0.1) is 6.21 Å². The summed E-state index contributed by atoms with van der Waals surface area (Å²) in [6.07, 6.45) is 7.99. The quantitative estimate of drug-likeness (QED) is 0.174. The summed E-state index contributed by atoms with van der Waals surface area (Å²) in [5.74, 6) is 1.01. The molecule has 0 aliphatic rings. The lowest BCUT2D eigenvalue weighted by Gasteiger charge is -2.10. The molecule has 5 heteroatoms. The van der Waals surface area contributed by atoms with Gasteiger partial charge in [-0.15, -0.1) is 0 Å². The van der Waals surface area contributed by atoms with Crippen LogP contribution in [0.2, 0.25) is 0 Å². The van der Waals surface area contributed by atoms with E-state index in [2.05, 4.69) is 24.0 Å². The van der Waals surface area contributed by atoms with Crippen LogP contribution < -0.4 is 14.9 Å². The summed E-state index contributed by atoms with van der Waals surface area (Å²) < 4.78 is 11.3. The number of benzene rings is 3. The van der Waals surface area contributed by atoms with E-state index >= 15 is 0 Å². The lowest BCUT2D eigenvalue weighted by atomic mass is 10.0. The number of hydrazone groups is 1. The predicted molar refractivity (Wildman–Crippen MR) is 131 cm³/mol. The minimum atomic E-state index is -0.331. The molecule has 5 nitrogen and oxygen atoms in total. The Hall–Kier alpha value is -3.60. The molecule has 0 unspecified atom stereocenters. The van der Waals surface area contributed by atoms with Crippen LogP contribution in [0.1, 0.15) is 37.3 Å². The fourth-order valence-electron chi connectivity index (χ4n) is 3.36. The molecule has 3 rings (SSSR count). The van der Waals surface area contributed by atoms with Gasteiger partial charge in [-0.2, -0.15) is 5.10 Å². The third-order valence-corrected chi connectivity index (χ3v) is 5.03. The molecule has 0 heterocycles. The first-order valence-electron chi connectivity index (χ1n) is 11.0. The van der Waals surface area contributed by atoms with Gasteiger partial charge in [0.25, 0.3) is 5.91 Å². The molecule has 32 heavy (non-hydrogen) atoms. The van der Waals surface area contributed by atoms with Gasteiger partial charge in [0, 0.05) is 5.56 Å². The van der Waals surface area contributed by atoms with E-state index in [-0.39, 0.29) is 12.5 Å². The second-order valence-corrected chi connectivity index (χ2v) is 7.48. The fraction of sp³-hybridized carbons (Fsp3) is 0.259. The Morgan fingerprint density at radius 3 is 2.62 bits per heavy atom. The van der Waals surface area contributed by atoms with Crippen LogP contribution in [0.25, 0.3) is 10.8 Å². The number of nitrogens with zero attached hydrogens (tertiary/aromatic N) is 1. The maximum absolute atomic E-state index is 12.2. The maximum Gasteiger partial charge on any atom is 0.277 e. The SMILES string of the molecule is C=CCOc1ccc2ccccc2c1C=NNC(=O)COc1ccc(CCCCC)cc1. The summed E-state index contributed by atoms with van der Waals surface area (Å²) in [6.45, 7) is 6.16. The molecule has 1 N–H and O–H groups in total. The highest BCUT2D eigenvalue weighted by atomic mass is 16.5. The maximum atomic E-state index is 12.2.